The SMILES string of the molecule is CCc1cccc(NC(=O)CSc2nnc(COc3c(C)cccc3C)n2N)c1. The number of nitrogen functional groups attached to an aromatic ring is 1. The number of nitrogens with one attached hydrogen (secondary N) is 1. The summed E-state index contributed by atoms with van der Waals surface area (Å²) in [6, 6.07) is 13.8. The molecule has 3 rings (SSSR count). The summed E-state index contributed by atoms with van der Waals surface area (Å²) in [7, 11) is 0. The Bertz CT molecular complexity index is 982. The van der Waals surface area contributed by atoms with Gasteiger partial charge in [-0.05, 0) is 49.1 Å². The zero-order valence-corrected chi connectivity index (χ0v) is 17.6. The Morgan fingerprint density at radius 1 is 1.17 bits per heavy atom. The number of rotatable bonds is 8. The van der Waals surface area contributed by atoms with E-state index in [1.807, 2.05) is 56.3 Å². The Balaban J connectivity index is 1.56. The highest BCUT2D eigenvalue weighted by Crippen LogP contribution is 2.23. The van der Waals surface area contributed by atoms with E-state index in [0.717, 1.165) is 29.0 Å². The van der Waals surface area contributed by atoms with E-state index in [1.165, 1.54) is 22.0 Å². The lowest BCUT2D eigenvalue weighted by atomic mass is 10.1. The van der Waals surface area contributed by atoms with Gasteiger partial charge in [-0.15, -0.1) is 10.2 Å². The van der Waals surface area contributed by atoms with Crippen LogP contribution in [-0.2, 0) is 17.8 Å². The molecule has 3 aromatic rings. The number of aryl methyl sites for hydroxylation is 3. The number of carbonyl (C=O) groups is 1. The van der Waals surface area contributed by atoms with E-state index in [0.29, 0.717) is 11.0 Å². The van der Waals surface area contributed by atoms with Crippen molar-refractivity contribution in [3.8, 4) is 5.75 Å². The van der Waals surface area contributed by atoms with Crippen molar-refractivity contribution in [1.29, 1.82) is 0 Å². The minimum absolute atomic E-state index is 0.125. The average Bonchev–Trinajstić information content (AvgIpc) is 3.06. The van der Waals surface area contributed by atoms with Crippen LogP contribution in [0.25, 0.3) is 0 Å². The van der Waals surface area contributed by atoms with Gasteiger partial charge in [-0.2, -0.15) is 0 Å². The number of hydrogen-bond acceptors (Lipinski definition) is 6. The van der Waals surface area contributed by atoms with Crippen molar-refractivity contribution < 1.29 is 9.53 Å². The molecule has 0 saturated heterocycles. The minimum atomic E-state index is -0.125. The molecule has 0 radical (unpaired) electrons. The highest BCUT2D eigenvalue weighted by atomic mass is 32.2. The molecule has 0 bridgehead atoms. The maximum Gasteiger partial charge on any atom is 0.234 e. The van der Waals surface area contributed by atoms with Crippen LogP contribution in [-0.4, -0.2) is 26.5 Å². The van der Waals surface area contributed by atoms with Crippen LogP contribution in [0.15, 0.2) is 47.6 Å². The number of hydrogen-bond donors (Lipinski definition) is 2. The fourth-order valence-electron chi connectivity index (χ4n) is 2.86. The van der Waals surface area contributed by atoms with Crippen LogP contribution in [0.1, 0.15) is 29.4 Å². The first-order valence-electron chi connectivity index (χ1n) is 9.38. The number of thioether (sulfide) groups is 1. The van der Waals surface area contributed by atoms with Gasteiger partial charge in [-0.25, -0.2) is 4.68 Å². The van der Waals surface area contributed by atoms with E-state index < -0.39 is 0 Å². The van der Waals surface area contributed by atoms with Crippen molar-refractivity contribution in [3.63, 3.8) is 0 Å². The standard InChI is InChI=1S/C21H25N5O2S/c1-4-16-9-6-10-17(11-16)23-19(27)13-29-21-25-24-18(26(21)22)12-28-20-14(2)7-5-8-15(20)3/h5-11H,4,12-13,22H2,1-3H3,(H,23,27). The first-order chi connectivity index (χ1) is 14.0. The maximum atomic E-state index is 12.2. The number of anilines is 1. The molecule has 0 saturated carbocycles. The second kappa shape index (κ2) is 9.47. The summed E-state index contributed by atoms with van der Waals surface area (Å²) in [4.78, 5) is 12.2. The van der Waals surface area contributed by atoms with E-state index in [2.05, 4.69) is 22.4 Å². The zero-order valence-electron chi connectivity index (χ0n) is 16.8. The molecule has 0 unspecified atom stereocenters. The summed E-state index contributed by atoms with van der Waals surface area (Å²) in [5.74, 6) is 7.45. The van der Waals surface area contributed by atoms with Crippen LogP contribution in [0.2, 0.25) is 0 Å². The van der Waals surface area contributed by atoms with Gasteiger partial charge in [0.15, 0.2) is 5.82 Å². The molecule has 8 heteroatoms. The Kier molecular flexibility index (Phi) is 6.77. The predicted molar refractivity (Wildman–Crippen MR) is 116 cm³/mol. The van der Waals surface area contributed by atoms with E-state index in [-0.39, 0.29) is 18.3 Å². The topological polar surface area (TPSA) is 95.1 Å². The van der Waals surface area contributed by atoms with Crippen molar-refractivity contribution in [1.82, 2.24) is 14.9 Å². The first-order valence-corrected chi connectivity index (χ1v) is 10.4. The summed E-state index contributed by atoms with van der Waals surface area (Å²) in [6.45, 7) is 6.26. The molecule has 1 aromatic heterocycles. The Morgan fingerprint density at radius 2 is 1.90 bits per heavy atom. The molecule has 0 atom stereocenters. The van der Waals surface area contributed by atoms with Gasteiger partial charge in [0.1, 0.15) is 12.4 Å². The third kappa shape index (κ3) is 5.29. The summed E-state index contributed by atoms with van der Waals surface area (Å²) in [5, 5.41) is 11.5. The lowest BCUT2D eigenvalue weighted by Crippen LogP contribution is -2.18. The molecule has 29 heavy (non-hydrogen) atoms. The van der Waals surface area contributed by atoms with Crippen molar-refractivity contribution in [3.05, 3.63) is 65.0 Å². The molecule has 1 heterocycles. The minimum Gasteiger partial charge on any atom is -0.485 e. The van der Waals surface area contributed by atoms with Gasteiger partial charge in [0.05, 0.1) is 5.75 Å². The van der Waals surface area contributed by atoms with Crippen LogP contribution in [0.4, 0.5) is 5.69 Å². The summed E-state index contributed by atoms with van der Waals surface area (Å²) in [6.07, 6.45) is 0.918. The van der Waals surface area contributed by atoms with Crippen LogP contribution in [0.5, 0.6) is 5.75 Å². The summed E-state index contributed by atoms with van der Waals surface area (Å²) >= 11 is 1.23. The third-order valence-corrected chi connectivity index (χ3v) is 5.38. The van der Waals surface area contributed by atoms with Crippen LogP contribution < -0.4 is 15.9 Å². The van der Waals surface area contributed by atoms with E-state index >= 15 is 0 Å². The fourth-order valence-corrected chi connectivity index (χ4v) is 3.54. The summed E-state index contributed by atoms with van der Waals surface area (Å²) < 4.78 is 7.25. The van der Waals surface area contributed by atoms with Gasteiger partial charge >= 0.3 is 0 Å². The van der Waals surface area contributed by atoms with Crippen LogP contribution >= 0.6 is 11.8 Å². The number of nitrogens with zero attached hydrogens (tertiary/aromatic N) is 3. The largest absolute Gasteiger partial charge is 0.485 e. The highest BCUT2D eigenvalue weighted by molar-refractivity contribution is 7.99. The molecule has 3 N–H and O–H groups in total. The quantitative estimate of drug-likeness (QED) is 0.435. The number of amides is 1. The predicted octanol–water partition coefficient (Wildman–Crippen LogP) is 3.48. The molecule has 0 aliphatic carbocycles. The number of benzene rings is 2. The Morgan fingerprint density at radius 3 is 2.62 bits per heavy atom. The van der Waals surface area contributed by atoms with Gasteiger partial charge < -0.3 is 15.9 Å². The Labute approximate surface area is 174 Å². The van der Waals surface area contributed by atoms with Gasteiger partial charge in [-0.1, -0.05) is 49.0 Å². The summed E-state index contributed by atoms with van der Waals surface area (Å²) in [5.41, 5.74) is 4.05. The molecule has 2 aromatic carbocycles. The second-order valence-corrected chi connectivity index (χ2v) is 7.61. The van der Waals surface area contributed by atoms with Crippen LogP contribution in [0.3, 0.4) is 0 Å². The highest BCUT2D eigenvalue weighted by Gasteiger charge is 2.14. The second-order valence-electron chi connectivity index (χ2n) is 6.67. The monoisotopic (exact) mass is 411 g/mol. The number of carbonyl (C=O) groups excluding carboxylic acids is 1. The van der Waals surface area contributed by atoms with Crippen molar-refractivity contribution in [2.75, 3.05) is 16.9 Å². The van der Waals surface area contributed by atoms with Gasteiger partial charge in [0.25, 0.3) is 0 Å². The number of ether oxygens (including phenoxy) is 1. The molecule has 7 nitrogen and oxygen atoms in total. The van der Waals surface area contributed by atoms with Crippen molar-refractivity contribution in [2.45, 2.75) is 39.0 Å². The molecule has 0 aliphatic heterocycles. The maximum absolute atomic E-state index is 12.2. The molecular formula is C21H25N5O2S. The zero-order chi connectivity index (χ0) is 20.8. The molecule has 0 spiro atoms. The molecule has 0 aliphatic rings. The lowest BCUT2D eigenvalue weighted by Gasteiger charge is -2.11. The third-order valence-electron chi connectivity index (χ3n) is 4.44. The van der Waals surface area contributed by atoms with Gasteiger partial charge in [0, 0.05) is 5.69 Å². The fraction of sp³-hybridized carbons (Fsp3) is 0.286. The number of aromatic nitrogens is 3. The van der Waals surface area contributed by atoms with Crippen molar-refractivity contribution >= 4 is 23.4 Å². The average molecular weight is 412 g/mol. The first kappa shape index (κ1) is 20.7. The molecular weight excluding hydrogens is 386 g/mol. The van der Waals surface area contributed by atoms with Gasteiger partial charge in [-0.3, -0.25) is 4.79 Å². The van der Waals surface area contributed by atoms with Crippen molar-refractivity contribution in [2.24, 2.45) is 0 Å². The smallest absolute Gasteiger partial charge is 0.234 e. The normalized spacial score (nSPS) is 10.7. The Hall–Kier alpha value is -3.00. The number of para-hydroxylation sites is 1. The molecule has 152 valence electrons. The number of nitrogens with two attached hydrogens (primary N) is 1. The lowest BCUT2D eigenvalue weighted by molar-refractivity contribution is -0.113. The van der Waals surface area contributed by atoms with E-state index in [4.69, 9.17) is 10.6 Å². The van der Waals surface area contributed by atoms with Gasteiger partial charge in [0.2, 0.25) is 11.1 Å². The van der Waals surface area contributed by atoms with E-state index in [1.54, 1.807) is 0 Å². The van der Waals surface area contributed by atoms with Crippen LogP contribution in [0, 0.1) is 13.8 Å². The molecule has 1 amide bonds. The molecule has 0 fully saturated rings. The van der Waals surface area contributed by atoms with E-state index in [9.17, 15) is 4.79 Å².